The molecule has 0 unspecified atom stereocenters. The molecular formula is C24H24F2N6O. The fourth-order valence-corrected chi connectivity index (χ4v) is 4.55. The molecule has 0 bridgehead atoms. The lowest BCUT2D eigenvalue weighted by Gasteiger charge is -2.61. The third-order valence-electron chi connectivity index (χ3n) is 6.03. The van der Waals surface area contributed by atoms with Crippen molar-refractivity contribution >= 4 is 11.4 Å². The van der Waals surface area contributed by atoms with Gasteiger partial charge in [0, 0.05) is 49.9 Å². The summed E-state index contributed by atoms with van der Waals surface area (Å²) in [4.78, 5) is 22.6. The molecule has 0 atom stereocenters. The Bertz CT molecular complexity index is 1140. The van der Waals surface area contributed by atoms with Gasteiger partial charge in [-0.25, -0.2) is 18.7 Å². The zero-order valence-corrected chi connectivity index (χ0v) is 18.3. The standard InChI is InChI=1S/C24H24F2N6O/c1-2-33-30-23(18-4-5-20(25)21(26)7-18)22-6-3-17(8-29-22)11-31-12-24(13-31)14-32(15-24)19-9-27-16-28-10-19/h3-10,16H,2,11-15H2,1H3. The normalized spacial score (nSPS) is 17.5. The average molecular weight is 450 g/mol. The lowest BCUT2D eigenvalue weighted by Crippen LogP contribution is -2.72. The van der Waals surface area contributed by atoms with Gasteiger partial charge in [0.1, 0.15) is 18.6 Å². The van der Waals surface area contributed by atoms with Gasteiger partial charge in [0.25, 0.3) is 0 Å². The van der Waals surface area contributed by atoms with Crippen molar-refractivity contribution in [3.8, 4) is 0 Å². The molecule has 7 nitrogen and oxygen atoms in total. The van der Waals surface area contributed by atoms with Gasteiger partial charge in [-0.05, 0) is 36.8 Å². The molecule has 170 valence electrons. The Balaban J connectivity index is 1.20. The van der Waals surface area contributed by atoms with Crippen LogP contribution in [0, 0.1) is 17.0 Å². The van der Waals surface area contributed by atoms with E-state index in [1.54, 1.807) is 19.4 Å². The van der Waals surface area contributed by atoms with E-state index in [-0.39, 0.29) is 0 Å². The van der Waals surface area contributed by atoms with E-state index in [0.29, 0.717) is 29.0 Å². The molecule has 1 aromatic carbocycles. The number of hydrogen-bond acceptors (Lipinski definition) is 7. The third-order valence-corrected chi connectivity index (χ3v) is 6.03. The molecule has 2 aliphatic rings. The summed E-state index contributed by atoms with van der Waals surface area (Å²) in [5.41, 5.74) is 3.83. The van der Waals surface area contributed by atoms with Gasteiger partial charge < -0.3 is 9.74 Å². The lowest BCUT2D eigenvalue weighted by molar-refractivity contribution is -0.0274. The lowest BCUT2D eigenvalue weighted by atomic mass is 9.72. The molecule has 0 radical (unpaired) electrons. The summed E-state index contributed by atoms with van der Waals surface area (Å²) in [6.45, 7) is 7.12. The van der Waals surface area contributed by atoms with Crippen molar-refractivity contribution in [3.05, 3.63) is 83.7 Å². The second kappa shape index (κ2) is 8.82. The number of anilines is 1. The summed E-state index contributed by atoms with van der Waals surface area (Å²) in [6, 6.07) is 7.47. The van der Waals surface area contributed by atoms with Crippen LogP contribution < -0.4 is 4.90 Å². The molecule has 2 aliphatic heterocycles. The first-order chi connectivity index (χ1) is 16.0. The number of oxime groups is 1. The van der Waals surface area contributed by atoms with Gasteiger partial charge in [0.05, 0.1) is 23.8 Å². The fraction of sp³-hybridized carbons (Fsp3) is 0.333. The van der Waals surface area contributed by atoms with Crippen LogP contribution in [0.1, 0.15) is 23.7 Å². The maximum absolute atomic E-state index is 13.7. The molecule has 0 amide bonds. The fourth-order valence-electron chi connectivity index (χ4n) is 4.55. The van der Waals surface area contributed by atoms with E-state index in [2.05, 4.69) is 29.9 Å². The smallest absolute Gasteiger partial charge is 0.159 e. The maximum Gasteiger partial charge on any atom is 0.159 e. The van der Waals surface area contributed by atoms with E-state index in [1.165, 1.54) is 6.07 Å². The van der Waals surface area contributed by atoms with Crippen LogP contribution in [-0.2, 0) is 11.4 Å². The number of pyridine rings is 1. The first-order valence-corrected chi connectivity index (χ1v) is 10.9. The summed E-state index contributed by atoms with van der Waals surface area (Å²) in [5, 5.41) is 4.08. The SMILES string of the molecule is CCON=C(c1ccc(F)c(F)c1)c1ccc(CN2CC3(C2)CN(c2cncnc2)C3)cn1. The minimum atomic E-state index is -0.936. The van der Waals surface area contributed by atoms with Gasteiger partial charge in [0.2, 0.25) is 0 Å². The first-order valence-electron chi connectivity index (χ1n) is 10.9. The minimum Gasteiger partial charge on any atom is -0.396 e. The Hall–Kier alpha value is -3.46. The molecule has 3 aromatic rings. The number of halogens is 2. The monoisotopic (exact) mass is 450 g/mol. The van der Waals surface area contributed by atoms with Gasteiger partial charge >= 0.3 is 0 Å². The molecular weight excluding hydrogens is 426 g/mol. The van der Waals surface area contributed by atoms with Crippen LogP contribution in [-0.4, -0.2) is 58.3 Å². The van der Waals surface area contributed by atoms with E-state index in [1.807, 2.05) is 24.5 Å². The second-order valence-electron chi connectivity index (χ2n) is 8.64. The molecule has 0 saturated carbocycles. The molecule has 9 heteroatoms. The van der Waals surface area contributed by atoms with Crippen molar-refractivity contribution in [2.45, 2.75) is 13.5 Å². The summed E-state index contributed by atoms with van der Waals surface area (Å²) in [6.07, 6.45) is 7.06. The molecule has 2 fully saturated rings. The Morgan fingerprint density at radius 3 is 2.48 bits per heavy atom. The largest absolute Gasteiger partial charge is 0.396 e. The van der Waals surface area contributed by atoms with Crippen LogP contribution >= 0.6 is 0 Å². The second-order valence-corrected chi connectivity index (χ2v) is 8.64. The third kappa shape index (κ3) is 4.41. The van der Waals surface area contributed by atoms with E-state index in [4.69, 9.17) is 4.84 Å². The van der Waals surface area contributed by atoms with Gasteiger partial charge in [-0.15, -0.1) is 0 Å². The predicted molar refractivity (Wildman–Crippen MR) is 120 cm³/mol. The Kier molecular flexibility index (Phi) is 5.72. The zero-order chi connectivity index (χ0) is 22.8. The van der Waals surface area contributed by atoms with Crippen LogP contribution in [0.25, 0.3) is 0 Å². The quantitative estimate of drug-likeness (QED) is 0.407. The van der Waals surface area contributed by atoms with Crippen molar-refractivity contribution in [1.82, 2.24) is 19.9 Å². The highest BCUT2D eigenvalue weighted by Gasteiger charge is 2.51. The maximum atomic E-state index is 13.7. The summed E-state index contributed by atoms with van der Waals surface area (Å²) < 4.78 is 27.1. The summed E-state index contributed by atoms with van der Waals surface area (Å²) in [7, 11) is 0. The van der Waals surface area contributed by atoms with Crippen molar-refractivity contribution in [2.75, 3.05) is 37.7 Å². The van der Waals surface area contributed by atoms with E-state index in [0.717, 1.165) is 56.1 Å². The van der Waals surface area contributed by atoms with Gasteiger partial charge in [-0.3, -0.25) is 9.88 Å². The Labute approximate surface area is 190 Å². The first kappa shape index (κ1) is 21.4. The highest BCUT2D eigenvalue weighted by molar-refractivity contribution is 6.11. The number of rotatable bonds is 7. The van der Waals surface area contributed by atoms with E-state index < -0.39 is 11.6 Å². The van der Waals surface area contributed by atoms with Crippen LogP contribution in [0.3, 0.4) is 0 Å². The number of benzene rings is 1. The molecule has 0 aliphatic carbocycles. The van der Waals surface area contributed by atoms with Gasteiger partial charge in [-0.1, -0.05) is 11.2 Å². The average Bonchev–Trinajstić information content (AvgIpc) is 2.78. The van der Waals surface area contributed by atoms with Crippen LogP contribution in [0.15, 0.2) is 60.4 Å². The van der Waals surface area contributed by atoms with E-state index >= 15 is 0 Å². The summed E-state index contributed by atoms with van der Waals surface area (Å²) >= 11 is 0. The zero-order valence-electron chi connectivity index (χ0n) is 18.3. The van der Waals surface area contributed by atoms with Crippen LogP contribution in [0.2, 0.25) is 0 Å². The molecule has 0 N–H and O–H groups in total. The Morgan fingerprint density at radius 1 is 1.03 bits per heavy atom. The molecule has 2 aromatic heterocycles. The number of hydrogen-bond donors (Lipinski definition) is 0. The topological polar surface area (TPSA) is 66.7 Å². The molecule has 5 rings (SSSR count). The van der Waals surface area contributed by atoms with Gasteiger partial charge in [0.15, 0.2) is 11.6 Å². The van der Waals surface area contributed by atoms with Crippen molar-refractivity contribution in [2.24, 2.45) is 10.6 Å². The van der Waals surface area contributed by atoms with Crippen LogP contribution in [0.4, 0.5) is 14.5 Å². The van der Waals surface area contributed by atoms with Crippen molar-refractivity contribution in [1.29, 1.82) is 0 Å². The highest BCUT2D eigenvalue weighted by atomic mass is 19.2. The van der Waals surface area contributed by atoms with Crippen LogP contribution in [0.5, 0.6) is 0 Å². The van der Waals surface area contributed by atoms with Crippen molar-refractivity contribution < 1.29 is 13.6 Å². The Morgan fingerprint density at radius 2 is 1.82 bits per heavy atom. The van der Waals surface area contributed by atoms with Crippen molar-refractivity contribution in [3.63, 3.8) is 0 Å². The minimum absolute atomic E-state index is 0.354. The predicted octanol–water partition coefficient (Wildman–Crippen LogP) is 3.26. The molecule has 2 saturated heterocycles. The molecule has 33 heavy (non-hydrogen) atoms. The van der Waals surface area contributed by atoms with Gasteiger partial charge in [-0.2, -0.15) is 0 Å². The molecule has 1 spiro atoms. The summed E-state index contributed by atoms with van der Waals surface area (Å²) in [5.74, 6) is -1.84. The van der Waals surface area contributed by atoms with E-state index in [9.17, 15) is 8.78 Å². The highest BCUT2D eigenvalue weighted by Crippen LogP contribution is 2.42. The number of aromatic nitrogens is 3. The number of likely N-dealkylation sites (tertiary alicyclic amines) is 1. The number of nitrogens with zero attached hydrogens (tertiary/aromatic N) is 6. The molecule has 4 heterocycles.